The second-order valence-corrected chi connectivity index (χ2v) is 6.45. The molecule has 5 heteroatoms. The fraction of sp³-hybridized carbons (Fsp3) is 0.500. The number of hydrogen-bond acceptors (Lipinski definition) is 2. The van der Waals surface area contributed by atoms with Gasteiger partial charge in [0.15, 0.2) is 0 Å². The molecular formula is C16H22N2O3. The third-order valence-electron chi connectivity index (χ3n) is 3.80. The van der Waals surface area contributed by atoms with Crippen molar-refractivity contribution in [1.82, 2.24) is 4.90 Å². The highest BCUT2D eigenvalue weighted by Crippen LogP contribution is 2.24. The number of benzene rings is 1. The third-order valence-corrected chi connectivity index (χ3v) is 3.80. The topological polar surface area (TPSA) is 69.6 Å². The summed E-state index contributed by atoms with van der Waals surface area (Å²) in [6.07, 6.45) is 1.25. The van der Waals surface area contributed by atoms with Crippen LogP contribution < -0.4 is 5.32 Å². The third kappa shape index (κ3) is 3.54. The van der Waals surface area contributed by atoms with Crippen molar-refractivity contribution in [3.8, 4) is 0 Å². The summed E-state index contributed by atoms with van der Waals surface area (Å²) in [6, 6.07) is 6.61. The summed E-state index contributed by atoms with van der Waals surface area (Å²) in [6.45, 7) is 6.87. The molecule has 2 rings (SSSR count). The number of rotatable bonds is 2. The maximum Gasteiger partial charge on any atom is 0.326 e. The van der Waals surface area contributed by atoms with Crippen molar-refractivity contribution in [2.45, 2.75) is 45.1 Å². The molecular weight excluding hydrogens is 268 g/mol. The van der Waals surface area contributed by atoms with E-state index in [-0.39, 0.29) is 11.4 Å². The average Bonchev–Trinajstić information content (AvgIpc) is 2.87. The summed E-state index contributed by atoms with van der Waals surface area (Å²) >= 11 is 0. The van der Waals surface area contributed by atoms with Gasteiger partial charge >= 0.3 is 12.0 Å². The van der Waals surface area contributed by atoms with Gasteiger partial charge in [-0.3, -0.25) is 0 Å². The molecule has 21 heavy (non-hydrogen) atoms. The van der Waals surface area contributed by atoms with E-state index in [9.17, 15) is 9.59 Å². The summed E-state index contributed by atoms with van der Waals surface area (Å²) in [5, 5.41) is 11.9. The van der Waals surface area contributed by atoms with Gasteiger partial charge in [-0.05, 0) is 36.0 Å². The molecule has 1 aromatic rings. The zero-order valence-electron chi connectivity index (χ0n) is 12.7. The van der Waals surface area contributed by atoms with Crippen molar-refractivity contribution in [2.75, 3.05) is 11.9 Å². The second kappa shape index (κ2) is 5.76. The fourth-order valence-corrected chi connectivity index (χ4v) is 2.52. The summed E-state index contributed by atoms with van der Waals surface area (Å²) in [7, 11) is 0. The van der Waals surface area contributed by atoms with Gasteiger partial charge in [0.05, 0.1) is 0 Å². The largest absolute Gasteiger partial charge is 0.480 e. The molecule has 0 aliphatic carbocycles. The fourth-order valence-electron chi connectivity index (χ4n) is 2.52. The number of amides is 2. The number of carboxylic acid groups (broad SMARTS) is 1. The molecule has 2 amide bonds. The van der Waals surface area contributed by atoms with E-state index in [4.69, 9.17) is 5.11 Å². The molecule has 0 bridgehead atoms. The Morgan fingerprint density at radius 3 is 2.38 bits per heavy atom. The lowest BCUT2D eigenvalue weighted by atomic mass is 9.87. The van der Waals surface area contributed by atoms with Crippen LogP contribution in [0.2, 0.25) is 0 Å². The van der Waals surface area contributed by atoms with Gasteiger partial charge in [0.1, 0.15) is 6.04 Å². The molecule has 0 radical (unpaired) electrons. The molecule has 1 saturated heterocycles. The lowest BCUT2D eigenvalue weighted by Gasteiger charge is -2.22. The highest BCUT2D eigenvalue weighted by molar-refractivity contribution is 5.92. The molecule has 1 heterocycles. The lowest BCUT2D eigenvalue weighted by molar-refractivity contribution is -0.141. The highest BCUT2D eigenvalue weighted by Gasteiger charge is 2.33. The van der Waals surface area contributed by atoms with Crippen LogP contribution in [0.4, 0.5) is 10.5 Å². The number of carbonyl (C=O) groups is 2. The van der Waals surface area contributed by atoms with Crippen LogP contribution in [0.15, 0.2) is 24.3 Å². The standard InChI is InChI=1S/C16H22N2O3/c1-16(2,3)11-6-8-12(9-7-11)17-15(21)18-10-4-5-13(18)14(19)20/h6-9,13H,4-5,10H2,1-3H3,(H,17,21)(H,19,20). The van der Waals surface area contributed by atoms with Gasteiger partial charge in [0.25, 0.3) is 0 Å². The van der Waals surface area contributed by atoms with E-state index in [0.29, 0.717) is 18.7 Å². The van der Waals surface area contributed by atoms with Gasteiger partial charge in [0.2, 0.25) is 0 Å². The predicted molar refractivity (Wildman–Crippen MR) is 81.5 cm³/mol. The Hall–Kier alpha value is -2.04. The zero-order valence-corrected chi connectivity index (χ0v) is 12.7. The highest BCUT2D eigenvalue weighted by atomic mass is 16.4. The number of likely N-dealkylation sites (tertiary alicyclic amines) is 1. The molecule has 1 fully saturated rings. The second-order valence-electron chi connectivity index (χ2n) is 6.45. The molecule has 5 nitrogen and oxygen atoms in total. The molecule has 1 aliphatic heterocycles. The SMILES string of the molecule is CC(C)(C)c1ccc(NC(=O)N2CCCC2C(=O)O)cc1. The number of hydrogen-bond donors (Lipinski definition) is 2. The molecule has 1 aromatic carbocycles. The Kier molecular flexibility index (Phi) is 4.21. The Labute approximate surface area is 125 Å². The Bertz CT molecular complexity index is 531. The first-order chi connectivity index (χ1) is 9.79. The molecule has 0 spiro atoms. The minimum absolute atomic E-state index is 0.0614. The Balaban J connectivity index is 2.04. The molecule has 1 atom stereocenters. The smallest absolute Gasteiger partial charge is 0.326 e. The Morgan fingerprint density at radius 2 is 1.86 bits per heavy atom. The van der Waals surface area contributed by atoms with Crippen LogP contribution in [-0.2, 0) is 10.2 Å². The van der Waals surface area contributed by atoms with Crippen molar-refractivity contribution < 1.29 is 14.7 Å². The maximum absolute atomic E-state index is 12.2. The van der Waals surface area contributed by atoms with Crippen LogP contribution in [0.1, 0.15) is 39.2 Å². The van der Waals surface area contributed by atoms with Crippen LogP contribution in [0, 0.1) is 0 Å². The van der Waals surface area contributed by atoms with Crippen LogP contribution >= 0.6 is 0 Å². The van der Waals surface area contributed by atoms with Gasteiger partial charge in [-0.2, -0.15) is 0 Å². The van der Waals surface area contributed by atoms with Gasteiger partial charge in [-0.15, -0.1) is 0 Å². The van der Waals surface area contributed by atoms with Gasteiger partial charge in [-0.25, -0.2) is 9.59 Å². The van der Waals surface area contributed by atoms with Gasteiger partial charge in [-0.1, -0.05) is 32.9 Å². The predicted octanol–water partition coefficient (Wildman–Crippen LogP) is 3.07. The molecule has 0 aromatic heterocycles. The average molecular weight is 290 g/mol. The van der Waals surface area contributed by atoms with E-state index in [0.717, 1.165) is 6.42 Å². The summed E-state index contributed by atoms with van der Waals surface area (Å²) in [4.78, 5) is 24.7. The molecule has 2 N–H and O–H groups in total. The van der Waals surface area contributed by atoms with Crippen molar-refractivity contribution >= 4 is 17.7 Å². The number of nitrogens with zero attached hydrogens (tertiary/aromatic N) is 1. The number of urea groups is 1. The van der Waals surface area contributed by atoms with Crippen LogP contribution in [0.25, 0.3) is 0 Å². The van der Waals surface area contributed by atoms with Crippen molar-refractivity contribution in [3.63, 3.8) is 0 Å². The van der Waals surface area contributed by atoms with Crippen LogP contribution in [0.5, 0.6) is 0 Å². The maximum atomic E-state index is 12.2. The first-order valence-corrected chi connectivity index (χ1v) is 7.20. The minimum Gasteiger partial charge on any atom is -0.480 e. The normalized spacial score (nSPS) is 18.6. The van der Waals surface area contributed by atoms with Gasteiger partial charge < -0.3 is 15.3 Å². The van der Waals surface area contributed by atoms with Crippen molar-refractivity contribution in [2.24, 2.45) is 0 Å². The monoisotopic (exact) mass is 290 g/mol. The summed E-state index contributed by atoms with van der Waals surface area (Å²) in [5.74, 6) is -0.939. The van der Waals surface area contributed by atoms with Crippen molar-refractivity contribution in [1.29, 1.82) is 0 Å². The molecule has 0 saturated carbocycles. The van der Waals surface area contributed by atoms with E-state index >= 15 is 0 Å². The Morgan fingerprint density at radius 1 is 1.24 bits per heavy atom. The molecule has 1 unspecified atom stereocenters. The van der Waals surface area contributed by atoms with E-state index < -0.39 is 12.0 Å². The number of nitrogens with one attached hydrogen (secondary N) is 1. The van der Waals surface area contributed by atoms with Crippen LogP contribution in [0.3, 0.4) is 0 Å². The van der Waals surface area contributed by atoms with E-state index in [1.54, 1.807) is 0 Å². The van der Waals surface area contributed by atoms with E-state index in [1.807, 2.05) is 24.3 Å². The lowest BCUT2D eigenvalue weighted by Crippen LogP contribution is -2.42. The number of carbonyl (C=O) groups excluding carboxylic acids is 1. The zero-order chi connectivity index (χ0) is 15.6. The molecule has 1 aliphatic rings. The molecule has 114 valence electrons. The van der Waals surface area contributed by atoms with Crippen molar-refractivity contribution in [3.05, 3.63) is 29.8 Å². The number of carboxylic acids is 1. The number of anilines is 1. The van der Waals surface area contributed by atoms with Crippen LogP contribution in [-0.4, -0.2) is 34.6 Å². The van der Waals surface area contributed by atoms with Gasteiger partial charge in [0, 0.05) is 12.2 Å². The minimum atomic E-state index is -0.939. The quantitative estimate of drug-likeness (QED) is 0.879. The number of aliphatic carboxylic acids is 1. The first-order valence-electron chi connectivity index (χ1n) is 7.20. The summed E-state index contributed by atoms with van der Waals surface area (Å²) < 4.78 is 0. The summed E-state index contributed by atoms with van der Waals surface area (Å²) in [5.41, 5.74) is 1.93. The van der Waals surface area contributed by atoms with E-state index in [2.05, 4.69) is 26.1 Å². The van der Waals surface area contributed by atoms with E-state index in [1.165, 1.54) is 10.5 Å². The first kappa shape index (κ1) is 15.4.